The number of aliphatic carboxylic acids is 1. The van der Waals surface area contributed by atoms with E-state index in [2.05, 4.69) is 0 Å². The van der Waals surface area contributed by atoms with Crippen LogP contribution in [0.25, 0.3) is 11.3 Å². The van der Waals surface area contributed by atoms with Crippen LogP contribution in [0.2, 0.25) is 0 Å². The fraction of sp³-hybridized carbons (Fsp3) is 0.346. The molecule has 3 rings (SSSR count). The molecule has 0 fully saturated rings. The summed E-state index contributed by atoms with van der Waals surface area (Å²) < 4.78 is 50.0. The number of aryl methyl sites for hydroxylation is 2. The summed E-state index contributed by atoms with van der Waals surface area (Å²) in [5.74, 6) is 1.13. The van der Waals surface area contributed by atoms with Gasteiger partial charge in [-0.05, 0) is 68.1 Å². The number of alkyl halides is 3. The van der Waals surface area contributed by atoms with Gasteiger partial charge in [-0.15, -0.1) is 0 Å². The van der Waals surface area contributed by atoms with Crippen molar-refractivity contribution in [3.8, 4) is 17.1 Å². The van der Waals surface area contributed by atoms with E-state index in [4.69, 9.17) is 9.15 Å². The first kappa shape index (κ1) is 24.4. The van der Waals surface area contributed by atoms with Gasteiger partial charge in [0.15, 0.2) is 0 Å². The van der Waals surface area contributed by atoms with Gasteiger partial charge in [0.05, 0.1) is 17.6 Å². The fourth-order valence-corrected chi connectivity index (χ4v) is 3.49. The third kappa shape index (κ3) is 5.78. The molecule has 0 bridgehead atoms. The number of halogens is 3. The maximum atomic E-state index is 12.8. The van der Waals surface area contributed by atoms with Crippen molar-refractivity contribution in [1.29, 1.82) is 0 Å². The van der Waals surface area contributed by atoms with Crippen LogP contribution in [0.3, 0.4) is 0 Å². The number of benzene rings is 2. The van der Waals surface area contributed by atoms with Gasteiger partial charge in [-0.2, -0.15) is 13.2 Å². The minimum atomic E-state index is -4.37. The number of furan rings is 1. The highest BCUT2D eigenvalue weighted by atomic mass is 19.4. The van der Waals surface area contributed by atoms with Crippen LogP contribution in [0.4, 0.5) is 13.2 Å². The van der Waals surface area contributed by atoms with Crippen LogP contribution in [0.5, 0.6) is 5.75 Å². The molecule has 176 valence electrons. The summed E-state index contributed by atoms with van der Waals surface area (Å²) in [6.07, 6.45) is -2.26. The second-order valence-electron chi connectivity index (χ2n) is 8.39. The molecule has 7 heteroatoms. The SMILES string of the molecule is CCc1oc(-c2ccc(C(F)(F)F)cc2)cc1CCCOc1ccc(C(C)(C)C(=O)O)cc1. The molecule has 0 spiro atoms. The Kier molecular flexibility index (Phi) is 7.20. The number of carboxylic acid groups (broad SMARTS) is 1. The Labute approximate surface area is 191 Å². The van der Waals surface area contributed by atoms with Crippen LogP contribution in [-0.4, -0.2) is 17.7 Å². The summed E-state index contributed by atoms with van der Waals surface area (Å²) in [4.78, 5) is 11.4. The Bertz CT molecular complexity index is 1080. The Morgan fingerprint density at radius 1 is 1.00 bits per heavy atom. The number of hydrogen-bond donors (Lipinski definition) is 1. The van der Waals surface area contributed by atoms with Crippen LogP contribution >= 0.6 is 0 Å². The topological polar surface area (TPSA) is 59.7 Å². The highest BCUT2D eigenvalue weighted by Crippen LogP contribution is 2.32. The molecule has 1 N–H and O–H groups in total. The monoisotopic (exact) mass is 460 g/mol. The molecule has 0 aliphatic heterocycles. The van der Waals surface area contributed by atoms with Crippen molar-refractivity contribution in [1.82, 2.24) is 0 Å². The van der Waals surface area contributed by atoms with Crippen molar-refractivity contribution in [2.75, 3.05) is 6.61 Å². The molecule has 1 heterocycles. The van der Waals surface area contributed by atoms with Crippen molar-refractivity contribution >= 4 is 5.97 Å². The molecule has 0 aliphatic carbocycles. The van der Waals surface area contributed by atoms with E-state index in [1.54, 1.807) is 38.1 Å². The standard InChI is InChI=1S/C26H27F3O4/c1-4-22-18(16-23(33-22)17-7-9-20(10-8-17)26(27,28)29)6-5-15-32-21-13-11-19(12-14-21)25(2,3)24(30)31/h7-14,16H,4-6,15H2,1-3H3,(H,30,31). The highest BCUT2D eigenvalue weighted by molar-refractivity contribution is 5.80. The van der Waals surface area contributed by atoms with E-state index < -0.39 is 23.1 Å². The molecule has 0 unspecified atom stereocenters. The third-order valence-electron chi connectivity index (χ3n) is 5.68. The molecule has 0 aliphatic rings. The lowest BCUT2D eigenvalue weighted by molar-refractivity contribution is -0.142. The summed E-state index contributed by atoms with van der Waals surface area (Å²) in [5, 5.41) is 9.32. The van der Waals surface area contributed by atoms with E-state index >= 15 is 0 Å². The number of carboxylic acids is 1. The molecule has 2 aromatic carbocycles. The minimum Gasteiger partial charge on any atom is -0.494 e. The first-order valence-electron chi connectivity index (χ1n) is 10.8. The lowest BCUT2D eigenvalue weighted by Gasteiger charge is -2.19. The van der Waals surface area contributed by atoms with E-state index in [0.717, 1.165) is 29.9 Å². The number of rotatable bonds is 9. The highest BCUT2D eigenvalue weighted by Gasteiger charge is 2.30. The third-order valence-corrected chi connectivity index (χ3v) is 5.68. The van der Waals surface area contributed by atoms with E-state index in [1.807, 2.05) is 13.0 Å². The van der Waals surface area contributed by atoms with Crippen molar-refractivity contribution in [2.24, 2.45) is 0 Å². The first-order chi connectivity index (χ1) is 15.5. The molecular weight excluding hydrogens is 433 g/mol. The average Bonchev–Trinajstić information content (AvgIpc) is 3.19. The van der Waals surface area contributed by atoms with Gasteiger partial charge in [-0.3, -0.25) is 4.79 Å². The predicted molar refractivity (Wildman–Crippen MR) is 119 cm³/mol. The Morgan fingerprint density at radius 3 is 2.15 bits per heavy atom. The second kappa shape index (κ2) is 9.73. The zero-order valence-corrected chi connectivity index (χ0v) is 18.8. The van der Waals surface area contributed by atoms with Gasteiger partial charge in [0.25, 0.3) is 0 Å². The molecule has 3 aromatic rings. The fourth-order valence-electron chi connectivity index (χ4n) is 3.49. The van der Waals surface area contributed by atoms with Crippen molar-refractivity contribution in [2.45, 2.75) is 51.6 Å². The van der Waals surface area contributed by atoms with Crippen LogP contribution < -0.4 is 4.74 Å². The Morgan fingerprint density at radius 2 is 1.61 bits per heavy atom. The molecule has 0 saturated heterocycles. The molecule has 0 atom stereocenters. The predicted octanol–water partition coefficient (Wildman–Crippen LogP) is 6.90. The average molecular weight is 460 g/mol. The summed E-state index contributed by atoms with van der Waals surface area (Å²) in [6.45, 7) is 5.74. The Hall–Kier alpha value is -3.22. The lowest BCUT2D eigenvalue weighted by atomic mass is 9.85. The summed E-state index contributed by atoms with van der Waals surface area (Å²) in [5.41, 5.74) is 0.648. The van der Waals surface area contributed by atoms with Crippen molar-refractivity contribution in [3.63, 3.8) is 0 Å². The largest absolute Gasteiger partial charge is 0.494 e. The minimum absolute atomic E-state index is 0.464. The lowest BCUT2D eigenvalue weighted by Crippen LogP contribution is -2.28. The van der Waals surface area contributed by atoms with Gasteiger partial charge in [0, 0.05) is 12.0 Å². The van der Waals surface area contributed by atoms with Gasteiger partial charge in [-0.1, -0.05) is 31.2 Å². The van der Waals surface area contributed by atoms with Gasteiger partial charge >= 0.3 is 12.1 Å². The Balaban J connectivity index is 1.59. The molecule has 0 radical (unpaired) electrons. The van der Waals surface area contributed by atoms with Crippen molar-refractivity contribution in [3.05, 3.63) is 77.0 Å². The van der Waals surface area contributed by atoms with Crippen LogP contribution in [0.15, 0.2) is 59.0 Å². The molecule has 1 aromatic heterocycles. The van der Waals surface area contributed by atoms with E-state index in [-0.39, 0.29) is 0 Å². The first-order valence-corrected chi connectivity index (χ1v) is 10.8. The summed E-state index contributed by atoms with van der Waals surface area (Å²) in [7, 11) is 0. The van der Waals surface area contributed by atoms with E-state index in [1.165, 1.54) is 12.1 Å². The summed E-state index contributed by atoms with van der Waals surface area (Å²) in [6, 6.07) is 13.9. The van der Waals surface area contributed by atoms with Crippen LogP contribution in [-0.2, 0) is 29.2 Å². The zero-order valence-electron chi connectivity index (χ0n) is 18.8. The van der Waals surface area contributed by atoms with E-state index in [9.17, 15) is 23.1 Å². The molecular formula is C26H27F3O4. The van der Waals surface area contributed by atoms with Crippen LogP contribution in [0.1, 0.15) is 49.6 Å². The maximum Gasteiger partial charge on any atom is 0.416 e. The molecule has 4 nitrogen and oxygen atoms in total. The number of ether oxygens (including phenoxy) is 1. The second-order valence-corrected chi connectivity index (χ2v) is 8.39. The van der Waals surface area contributed by atoms with Gasteiger partial charge in [0.1, 0.15) is 17.3 Å². The van der Waals surface area contributed by atoms with Gasteiger partial charge in [0.2, 0.25) is 0 Å². The molecule has 0 amide bonds. The molecule has 0 saturated carbocycles. The quantitative estimate of drug-likeness (QED) is 0.353. The summed E-state index contributed by atoms with van der Waals surface area (Å²) >= 11 is 0. The van der Waals surface area contributed by atoms with Crippen LogP contribution in [0, 0.1) is 0 Å². The van der Waals surface area contributed by atoms with Crippen molar-refractivity contribution < 1.29 is 32.2 Å². The zero-order chi connectivity index (χ0) is 24.2. The smallest absolute Gasteiger partial charge is 0.416 e. The maximum absolute atomic E-state index is 12.8. The number of carbonyl (C=O) groups is 1. The van der Waals surface area contributed by atoms with Gasteiger partial charge in [-0.25, -0.2) is 0 Å². The molecule has 33 heavy (non-hydrogen) atoms. The normalized spacial score (nSPS) is 12.1. The van der Waals surface area contributed by atoms with Gasteiger partial charge < -0.3 is 14.3 Å². The van der Waals surface area contributed by atoms with E-state index in [0.29, 0.717) is 42.1 Å². The number of hydrogen-bond acceptors (Lipinski definition) is 3.